The van der Waals surface area contributed by atoms with Gasteiger partial charge in [-0.2, -0.15) is 0 Å². The summed E-state index contributed by atoms with van der Waals surface area (Å²) in [4.78, 5) is 24.8. The number of carbonyl (C=O) groups excluding carboxylic acids is 2. The molecule has 2 aromatic rings. The Hall–Kier alpha value is -2.73. The van der Waals surface area contributed by atoms with Crippen molar-refractivity contribution in [2.45, 2.75) is 38.3 Å². The fourth-order valence-electron chi connectivity index (χ4n) is 3.81. The molecule has 154 valence electrons. The number of anilines is 1. The molecule has 1 aliphatic rings. The molecule has 1 saturated carbocycles. The van der Waals surface area contributed by atoms with Crippen LogP contribution in [0.3, 0.4) is 0 Å². The number of halogens is 1. The van der Waals surface area contributed by atoms with E-state index in [0.717, 1.165) is 48.9 Å². The van der Waals surface area contributed by atoms with Crippen LogP contribution in [0.4, 0.5) is 10.1 Å². The van der Waals surface area contributed by atoms with E-state index in [1.807, 2.05) is 31.3 Å². The van der Waals surface area contributed by atoms with Crippen LogP contribution in [0.25, 0.3) is 11.1 Å². The van der Waals surface area contributed by atoms with E-state index in [1.165, 1.54) is 11.0 Å². The minimum atomic E-state index is -0.328. The molecule has 1 fully saturated rings. The molecule has 0 aliphatic heterocycles. The zero-order chi connectivity index (χ0) is 20.8. The Balaban J connectivity index is 1.65. The highest BCUT2D eigenvalue weighted by molar-refractivity contribution is 5.79. The predicted molar refractivity (Wildman–Crippen MR) is 113 cm³/mol. The second-order valence-electron chi connectivity index (χ2n) is 7.62. The van der Waals surface area contributed by atoms with Crippen LogP contribution < -0.4 is 15.5 Å². The van der Waals surface area contributed by atoms with E-state index >= 15 is 0 Å². The third-order valence-corrected chi connectivity index (χ3v) is 5.77. The molecular weight excluding hydrogens is 369 g/mol. The van der Waals surface area contributed by atoms with Crippen molar-refractivity contribution in [3.63, 3.8) is 0 Å². The number of hydrogen-bond donors (Lipinski definition) is 2. The molecule has 29 heavy (non-hydrogen) atoms. The first kappa shape index (κ1) is 21.0. The molecule has 6 heteroatoms. The summed E-state index contributed by atoms with van der Waals surface area (Å²) in [5.41, 5.74) is 3.04. The van der Waals surface area contributed by atoms with Crippen LogP contribution in [-0.2, 0) is 16.1 Å². The number of amides is 2. The minimum Gasteiger partial charge on any atom is -0.352 e. The molecule has 0 heterocycles. The van der Waals surface area contributed by atoms with Gasteiger partial charge in [-0.1, -0.05) is 18.2 Å². The van der Waals surface area contributed by atoms with Gasteiger partial charge in [-0.05, 0) is 68.1 Å². The number of rotatable bonds is 7. The fourth-order valence-corrected chi connectivity index (χ4v) is 3.81. The lowest BCUT2D eigenvalue weighted by atomic mass is 9.85. The van der Waals surface area contributed by atoms with Crippen molar-refractivity contribution in [3.05, 3.63) is 53.8 Å². The van der Waals surface area contributed by atoms with E-state index in [-0.39, 0.29) is 24.2 Å². The standard InChI is InChI=1S/C23H28FN3O2/c1-25-20-8-3-17(4-9-20)23(29)26-14-19-13-18(7-12-22(19)24)16-5-10-21(11-6-16)27(2)15-28/h5-7,10-13,15,17,20,25H,3-4,8-9,14H2,1-2H3,(H,26,29). The van der Waals surface area contributed by atoms with Gasteiger partial charge in [-0.15, -0.1) is 0 Å². The molecule has 0 radical (unpaired) electrons. The van der Waals surface area contributed by atoms with Gasteiger partial charge in [0.05, 0.1) is 0 Å². The number of nitrogens with zero attached hydrogens (tertiary/aromatic N) is 1. The predicted octanol–water partition coefficient (Wildman–Crippen LogP) is 3.48. The molecule has 2 amide bonds. The summed E-state index contributed by atoms with van der Waals surface area (Å²) in [5.74, 6) is -0.316. The highest BCUT2D eigenvalue weighted by atomic mass is 19.1. The molecule has 1 aliphatic carbocycles. The van der Waals surface area contributed by atoms with Crippen molar-refractivity contribution in [1.82, 2.24) is 10.6 Å². The van der Waals surface area contributed by atoms with E-state index in [2.05, 4.69) is 10.6 Å². The first-order chi connectivity index (χ1) is 14.0. The lowest BCUT2D eigenvalue weighted by molar-refractivity contribution is -0.126. The maximum absolute atomic E-state index is 14.3. The Labute approximate surface area is 171 Å². The van der Waals surface area contributed by atoms with Crippen molar-refractivity contribution in [2.24, 2.45) is 5.92 Å². The number of nitrogens with one attached hydrogen (secondary N) is 2. The highest BCUT2D eigenvalue weighted by Crippen LogP contribution is 2.26. The summed E-state index contributed by atoms with van der Waals surface area (Å²) in [6.45, 7) is 0.177. The van der Waals surface area contributed by atoms with Gasteiger partial charge in [0, 0.05) is 36.8 Å². The minimum absolute atomic E-state index is 0.00519. The number of carbonyl (C=O) groups is 2. The van der Waals surface area contributed by atoms with E-state index in [0.29, 0.717) is 11.6 Å². The molecule has 2 aromatic carbocycles. The summed E-state index contributed by atoms with van der Waals surface area (Å²) in [7, 11) is 3.64. The fraction of sp³-hybridized carbons (Fsp3) is 0.391. The Bertz CT molecular complexity index is 846. The summed E-state index contributed by atoms with van der Waals surface area (Å²) >= 11 is 0. The summed E-state index contributed by atoms with van der Waals surface area (Å²) < 4.78 is 14.3. The van der Waals surface area contributed by atoms with E-state index < -0.39 is 0 Å². The molecule has 0 atom stereocenters. The first-order valence-electron chi connectivity index (χ1n) is 10.0. The molecule has 0 bridgehead atoms. The smallest absolute Gasteiger partial charge is 0.223 e. The van der Waals surface area contributed by atoms with Crippen LogP contribution in [0.2, 0.25) is 0 Å². The van der Waals surface area contributed by atoms with Crippen LogP contribution in [0.15, 0.2) is 42.5 Å². The SMILES string of the molecule is CNC1CCC(C(=O)NCc2cc(-c3ccc(N(C)C=O)cc3)ccc2F)CC1. The largest absolute Gasteiger partial charge is 0.352 e. The van der Waals surface area contributed by atoms with Gasteiger partial charge in [0.1, 0.15) is 5.82 Å². The van der Waals surface area contributed by atoms with E-state index in [1.54, 1.807) is 19.2 Å². The number of hydrogen-bond acceptors (Lipinski definition) is 3. The zero-order valence-corrected chi connectivity index (χ0v) is 17.0. The molecule has 0 saturated heterocycles. The summed E-state index contributed by atoms with van der Waals surface area (Å²) in [5, 5.41) is 6.17. The van der Waals surface area contributed by atoms with Gasteiger partial charge >= 0.3 is 0 Å². The van der Waals surface area contributed by atoms with E-state index in [4.69, 9.17) is 0 Å². The highest BCUT2D eigenvalue weighted by Gasteiger charge is 2.25. The van der Waals surface area contributed by atoms with E-state index in [9.17, 15) is 14.0 Å². The molecule has 0 spiro atoms. The van der Waals surface area contributed by atoms with Gasteiger partial charge in [0.25, 0.3) is 0 Å². The second-order valence-corrected chi connectivity index (χ2v) is 7.62. The van der Waals surface area contributed by atoms with Crippen molar-refractivity contribution in [3.8, 4) is 11.1 Å². The maximum Gasteiger partial charge on any atom is 0.223 e. The quantitative estimate of drug-likeness (QED) is 0.703. The zero-order valence-electron chi connectivity index (χ0n) is 17.0. The van der Waals surface area contributed by atoms with Crippen LogP contribution in [0.5, 0.6) is 0 Å². The van der Waals surface area contributed by atoms with Gasteiger partial charge in [-0.25, -0.2) is 4.39 Å². The van der Waals surface area contributed by atoms with Crippen molar-refractivity contribution in [2.75, 3.05) is 19.0 Å². The van der Waals surface area contributed by atoms with Crippen LogP contribution in [0, 0.1) is 11.7 Å². The number of benzene rings is 2. The van der Waals surface area contributed by atoms with Crippen molar-refractivity contribution in [1.29, 1.82) is 0 Å². The summed E-state index contributed by atoms with van der Waals surface area (Å²) in [6, 6.07) is 12.9. The third kappa shape index (κ3) is 5.21. The van der Waals surface area contributed by atoms with Gasteiger partial charge in [0.2, 0.25) is 12.3 Å². The Kier molecular flexibility index (Phi) is 6.99. The molecule has 3 rings (SSSR count). The Morgan fingerprint density at radius 3 is 2.38 bits per heavy atom. The van der Waals surface area contributed by atoms with Gasteiger partial charge in [-0.3, -0.25) is 9.59 Å². The Morgan fingerprint density at radius 1 is 1.10 bits per heavy atom. The Morgan fingerprint density at radius 2 is 1.76 bits per heavy atom. The van der Waals surface area contributed by atoms with Crippen LogP contribution in [-0.4, -0.2) is 32.5 Å². The lowest BCUT2D eigenvalue weighted by Crippen LogP contribution is -2.37. The van der Waals surface area contributed by atoms with Crippen molar-refractivity contribution >= 4 is 18.0 Å². The first-order valence-corrected chi connectivity index (χ1v) is 10.0. The third-order valence-electron chi connectivity index (χ3n) is 5.77. The lowest BCUT2D eigenvalue weighted by Gasteiger charge is -2.27. The topological polar surface area (TPSA) is 61.4 Å². The van der Waals surface area contributed by atoms with Crippen molar-refractivity contribution < 1.29 is 14.0 Å². The molecule has 5 nitrogen and oxygen atoms in total. The molecule has 0 aromatic heterocycles. The molecule has 2 N–H and O–H groups in total. The second kappa shape index (κ2) is 9.65. The average Bonchev–Trinajstić information content (AvgIpc) is 2.78. The monoisotopic (exact) mass is 397 g/mol. The normalized spacial score (nSPS) is 18.9. The van der Waals surface area contributed by atoms with Crippen LogP contribution >= 0.6 is 0 Å². The van der Waals surface area contributed by atoms with Gasteiger partial charge < -0.3 is 15.5 Å². The maximum atomic E-state index is 14.3. The van der Waals surface area contributed by atoms with Crippen LogP contribution in [0.1, 0.15) is 31.2 Å². The van der Waals surface area contributed by atoms with Gasteiger partial charge in [0.15, 0.2) is 0 Å². The average molecular weight is 397 g/mol. The molecule has 0 unspecified atom stereocenters. The molecular formula is C23H28FN3O2. The summed E-state index contributed by atoms with van der Waals surface area (Å²) in [6.07, 6.45) is 4.46.